The number of ether oxygens (including phenoxy) is 1. The third-order valence-corrected chi connectivity index (χ3v) is 4.01. The Bertz CT molecular complexity index is 752. The first-order valence-corrected chi connectivity index (χ1v) is 8.14. The lowest BCUT2D eigenvalue weighted by atomic mass is 10.1. The van der Waals surface area contributed by atoms with Gasteiger partial charge in [0, 0.05) is 10.6 Å². The lowest BCUT2D eigenvalue weighted by molar-refractivity contribution is -0.122. The molecule has 7 heteroatoms. The lowest BCUT2D eigenvalue weighted by Gasteiger charge is -2.16. The van der Waals surface area contributed by atoms with Crippen LogP contribution in [0.2, 0.25) is 15.1 Å². The molecule has 0 spiro atoms. The molecule has 0 radical (unpaired) electrons. The van der Waals surface area contributed by atoms with Crippen molar-refractivity contribution in [2.24, 2.45) is 0 Å². The molecule has 1 amide bonds. The second-order valence-corrected chi connectivity index (χ2v) is 6.33. The normalized spacial score (nSPS) is 11.7. The van der Waals surface area contributed by atoms with E-state index in [1.807, 2.05) is 0 Å². The van der Waals surface area contributed by atoms with Crippen molar-refractivity contribution in [1.82, 2.24) is 0 Å². The molecule has 1 atom stereocenters. The number of hydrogen-bond donors (Lipinski definition) is 1. The number of carbonyl (C=O) groups excluding carboxylic acids is 2. The predicted octanol–water partition coefficient (Wildman–Crippen LogP) is 5.26. The van der Waals surface area contributed by atoms with E-state index in [2.05, 4.69) is 5.32 Å². The molecule has 126 valence electrons. The Labute approximate surface area is 154 Å². The van der Waals surface area contributed by atoms with Crippen LogP contribution in [0.4, 0.5) is 5.69 Å². The van der Waals surface area contributed by atoms with Crippen LogP contribution in [0.25, 0.3) is 0 Å². The van der Waals surface area contributed by atoms with Crippen LogP contribution < -0.4 is 10.1 Å². The van der Waals surface area contributed by atoms with E-state index in [4.69, 9.17) is 39.5 Å². The van der Waals surface area contributed by atoms with Gasteiger partial charge >= 0.3 is 0 Å². The summed E-state index contributed by atoms with van der Waals surface area (Å²) in [6.45, 7) is 3.07. The Balaban J connectivity index is 2.06. The van der Waals surface area contributed by atoms with Crippen molar-refractivity contribution in [2.75, 3.05) is 5.32 Å². The second kappa shape index (κ2) is 7.88. The minimum absolute atomic E-state index is 0.0423. The Morgan fingerprint density at radius 3 is 2.08 bits per heavy atom. The van der Waals surface area contributed by atoms with Gasteiger partial charge in [0.25, 0.3) is 5.91 Å². The van der Waals surface area contributed by atoms with E-state index in [1.165, 1.54) is 19.1 Å². The summed E-state index contributed by atoms with van der Waals surface area (Å²) in [6, 6.07) is 9.49. The number of anilines is 1. The highest BCUT2D eigenvalue weighted by Gasteiger charge is 2.18. The molecule has 0 saturated carbocycles. The number of hydrogen-bond acceptors (Lipinski definition) is 3. The fraction of sp³-hybridized carbons (Fsp3) is 0.176. The fourth-order valence-electron chi connectivity index (χ4n) is 1.91. The Kier molecular flexibility index (Phi) is 6.10. The summed E-state index contributed by atoms with van der Waals surface area (Å²) in [5.74, 6) is 0.00656. The van der Waals surface area contributed by atoms with Crippen LogP contribution in [-0.2, 0) is 4.79 Å². The molecule has 0 unspecified atom stereocenters. The first kappa shape index (κ1) is 18.6. The standard InChI is InChI=1S/C17H14Cl3NO3/c1-9(22)11-3-5-13(6-4-11)24-10(2)17(23)21-16-14(19)7-12(18)8-15(16)20/h3-8,10H,1-2H3,(H,21,23)/t10-/m0/s1. The Hall–Kier alpha value is -1.75. The van der Waals surface area contributed by atoms with E-state index >= 15 is 0 Å². The highest BCUT2D eigenvalue weighted by molar-refractivity contribution is 6.42. The molecule has 2 aromatic carbocycles. The summed E-state index contributed by atoms with van der Waals surface area (Å²) in [5.41, 5.74) is 0.842. The van der Waals surface area contributed by atoms with Crippen molar-refractivity contribution in [3.63, 3.8) is 0 Å². The quantitative estimate of drug-likeness (QED) is 0.714. The molecule has 0 aliphatic heterocycles. The largest absolute Gasteiger partial charge is 0.481 e. The topological polar surface area (TPSA) is 55.4 Å². The fourth-order valence-corrected chi connectivity index (χ4v) is 2.82. The van der Waals surface area contributed by atoms with E-state index in [0.29, 0.717) is 16.3 Å². The average molecular weight is 387 g/mol. The first-order chi connectivity index (χ1) is 11.3. The molecular weight excluding hydrogens is 373 g/mol. The van der Waals surface area contributed by atoms with Gasteiger partial charge < -0.3 is 10.1 Å². The predicted molar refractivity (Wildman–Crippen MR) is 96.6 cm³/mol. The maximum absolute atomic E-state index is 12.2. The monoisotopic (exact) mass is 385 g/mol. The zero-order valence-electron chi connectivity index (χ0n) is 12.9. The van der Waals surface area contributed by atoms with Crippen LogP contribution in [0, 0.1) is 0 Å². The molecule has 24 heavy (non-hydrogen) atoms. The SMILES string of the molecule is CC(=O)c1ccc(O[C@@H](C)C(=O)Nc2c(Cl)cc(Cl)cc2Cl)cc1. The summed E-state index contributed by atoms with van der Waals surface area (Å²) < 4.78 is 5.55. The van der Waals surface area contributed by atoms with E-state index in [9.17, 15) is 9.59 Å². The maximum Gasteiger partial charge on any atom is 0.265 e. The van der Waals surface area contributed by atoms with Crippen molar-refractivity contribution >= 4 is 52.2 Å². The van der Waals surface area contributed by atoms with E-state index in [0.717, 1.165) is 0 Å². The number of Topliss-reactive ketones (excluding diaryl/α,β-unsaturated/α-hetero) is 1. The molecule has 0 bridgehead atoms. The summed E-state index contributed by atoms with van der Waals surface area (Å²) in [6.07, 6.45) is -0.795. The smallest absolute Gasteiger partial charge is 0.265 e. The second-order valence-electron chi connectivity index (χ2n) is 5.07. The number of nitrogens with one attached hydrogen (secondary N) is 1. The molecule has 2 rings (SSSR count). The van der Waals surface area contributed by atoms with Gasteiger partial charge in [-0.2, -0.15) is 0 Å². The van der Waals surface area contributed by atoms with Crippen LogP contribution in [0.15, 0.2) is 36.4 Å². The van der Waals surface area contributed by atoms with Gasteiger partial charge in [-0.3, -0.25) is 9.59 Å². The van der Waals surface area contributed by atoms with E-state index < -0.39 is 12.0 Å². The van der Waals surface area contributed by atoms with Crippen molar-refractivity contribution < 1.29 is 14.3 Å². The van der Waals surface area contributed by atoms with Gasteiger partial charge in [0.05, 0.1) is 15.7 Å². The van der Waals surface area contributed by atoms with Crippen LogP contribution in [-0.4, -0.2) is 17.8 Å². The molecule has 0 aliphatic carbocycles. The maximum atomic E-state index is 12.2. The van der Waals surface area contributed by atoms with Crippen LogP contribution in [0.3, 0.4) is 0 Å². The summed E-state index contributed by atoms with van der Waals surface area (Å²) in [5, 5.41) is 3.46. The van der Waals surface area contributed by atoms with Gasteiger partial charge in [-0.05, 0) is 50.2 Å². The van der Waals surface area contributed by atoms with E-state index in [-0.39, 0.29) is 21.5 Å². The zero-order chi connectivity index (χ0) is 17.9. The first-order valence-electron chi connectivity index (χ1n) is 7.01. The van der Waals surface area contributed by atoms with E-state index in [1.54, 1.807) is 31.2 Å². The summed E-state index contributed by atoms with van der Waals surface area (Å²) in [4.78, 5) is 23.5. The van der Waals surface area contributed by atoms with Gasteiger partial charge in [-0.1, -0.05) is 34.8 Å². The van der Waals surface area contributed by atoms with Gasteiger partial charge in [0.1, 0.15) is 5.75 Å². The molecule has 1 N–H and O–H groups in total. The third-order valence-electron chi connectivity index (χ3n) is 3.20. The van der Waals surface area contributed by atoms with Gasteiger partial charge in [0.2, 0.25) is 0 Å². The molecule has 0 fully saturated rings. The van der Waals surface area contributed by atoms with Gasteiger partial charge in [0.15, 0.2) is 11.9 Å². The Morgan fingerprint density at radius 2 is 1.58 bits per heavy atom. The third kappa shape index (κ3) is 4.63. The van der Waals surface area contributed by atoms with Gasteiger partial charge in [-0.15, -0.1) is 0 Å². The highest BCUT2D eigenvalue weighted by atomic mass is 35.5. The minimum Gasteiger partial charge on any atom is -0.481 e. The number of amides is 1. The molecular formula is C17H14Cl3NO3. The number of ketones is 1. The molecule has 2 aromatic rings. The van der Waals surface area contributed by atoms with Crippen LogP contribution in [0.1, 0.15) is 24.2 Å². The van der Waals surface area contributed by atoms with Gasteiger partial charge in [-0.25, -0.2) is 0 Å². The lowest BCUT2D eigenvalue weighted by Crippen LogP contribution is -2.30. The van der Waals surface area contributed by atoms with Crippen LogP contribution in [0.5, 0.6) is 5.75 Å². The van der Waals surface area contributed by atoms with Crippen LogP contribution >= 0.6 is 34.8 Å². The van der Waals surface area contributed by atoms with Crippen molar-refractivity contribution in [3.05, 3.63) is 57.0 Å². The number of carbonyl (C=O) groups is 2. The summed E-state index contributed by atoms with van der Waals surface area (Å²) in [7, 11) is 0. The minimum atomic E-state index is -0.795. The molecule has 0 aromatic heterocycles. The van der Waals surface area contributed by atoms with Crippen molar-refractivity contribution in [3.8, 4) is 5.75 Å². The molecule has 0 aliphatic rings. The number of rotatable bonds is 5. The highest BCUT2D eigenvalue weighted by Crippen LogP contribution is 2.33. The average Bonchev–Trinajstić information content (AvgIpc) is 2.51. The van der Waals surface area contributed by atoms with Crippen molar-refractivity contribution in [1.29, 1.82) is 0 Å². The number of halogens is 3. The molecule has 0 saturated heterocycles. The van der Waals surface area contributed by atoms with Crippen molar-refractivity contribution in [2.45, 2.75) is 20.0 Å². The molecule has 0 heterocycles. The summed E-state index contributed by atoms with van der Waals surface area (Å²) >= 11 is 17.9. The Morgan fingerprint density at radius 1 is 1.04 bits per heavy atom. The molecule has 4 nitrogen and oxygen atoms in total. The number of benzene rings is 2. The zero-order valence-corrected chi connectivity index (χ0v) is 15.2.